The van der Waals surface area contributed by atoms with Crippen molar-refractivity contribution >= 4 is 5.97 Å². The van der Waals surface area contributed by atoms with Gasteiger partial charge in [0.2, 0.25) is 0 Å². The Kier molecular flexibility index (Phi) is 6.85. The molecule has 0 saturated carbocycles. The van der Waals surface area contributed by atoms with Gasteiger partial charge in [-0.3, -0.25) is 4.79 Å². The van der Waals surface area contributed by atoms with Gasteiger partial charge in [0, 0.05) is 12.8 Å². The van der Waals surface area contributed by atoms with Crippen molar-refractivity contribution < 1.29 is 9.53 Å². The van der Waals surface area contributed by atoms with Crippen molar-refractivity contribution in [2.75, 3.05) is 13.7 Å². The van der Waals surface area contributed by atoms with E-state index in [9.17, 15) is 9.70 Å². The summed E-state index contributed by atoms with van der Waals surface area (Å²) < 4.78 is 4.42. The third-order valence-corrected chi connectivity index (χ3v) is 1.18. The lowest BCUT2D eigenvalue weighted by atomic mass is 10.2. The summed E-state index contributed by atoms with van der Waals surface area (Å²) in [4.78, 5) is 20.1. The Morgan fingerprint density at radius 1 is 1.50 bits per heavy atom. The van der Waals surface area contributed by atoms with Crippen molar-refractivity contribution in [2.24, 2.45) is 5.18 Å². The Morgan fingerprint density at radius 3 is 2.83 bits per heavy atom. The normalized spacial score (nSPS) is 8.08. The number of hydrogen-bond donors (Lipinski definition) is 0. The van der Waals surface area contributed by atoms with Gasteiger partial charge in [-0.1, -0.05) is 11.1 Å². The predicted octanol–water partition coefficient (Wildman–Crippen LogP) is 1.10. The van der Waals surface area contributed by atoms with E-state index in [0.29, 0.717) is 19.3 Å². The van der Waals surface area contributed by atoms with Crippen molar-refractivity contribution in [3.8, 4) is 11.8 Å². The summed E-state index contributed by atoms with van der Waals surface area (Å²) in [6.07, 6.45) is 1.64. The van der Waals surface area contributed by atoms with E-state index in [4.69, 9.17) is 0 Å². The number of carbonyl (C=O) groups excluding carboxylic acids is 1. The lowest BCUT2D eigenvalue weighted by molar-refractivity contribution is -0.140. The van der Waals surface area contributed by atoms with Crippen molar-refractivity contribution in [3.05, 3.63) is 4.91 Å². The van der Waals surface area contributed by atoms with Crippen LogP contribution in [-0.2, 0) is 9.53 Å². The smallest absolute Gasteiger partial charge is 0.305 e. The second-order valence-electron chi connectivity index (χ2n) is 2.07. The molecule has 0 fully saturated rings. The fraction of sp³-hybridized carbons (Fsp3) is 0.625. The first-order chi connectivity index (χ1) is 5.81. The zero-order valence-corrected chi connectivity index (χ0v) is 7.00. The van der Waals surface area contributed by atoms with Gasteiger partial charge in [-0.25, -0.2) is 0 Å². The molecule has 12 heavy (non-hydrogen) atoms. The highest BCUT2D eigenvalue weighted by atomic mass is 16.5. The third-order valence-electron chi connectivity index (χ3n) is 1.18. The first-order valence-corrected chi connectivity index (χ1v) is 3.63. The van der Waals surface area contributed by atoms with Gasteiger partial charge in [0.1, 0.15) is 6.54 Å². The molecule has 0 aromatic carbocycles. The maximum atomic E-state index is 10.6. The zero-order valence-electron chi connectivity index (χ0n) is 7.00. The van der Waals surface area contributed by atoms with Crippen molar-refractivity contribution in [1.82, 2.24) is 0 Å². The lowest BCUT2D eigenvalue weighted by Gasteiger charge is -1.93. The van der Waals surface area contributed by atoms with E-state index in [1.54, 1.807) is 0 Å². The molecule has 0 aliphatic carbocycles. The summed E-state index contributed by atoms with van der Waals surface area (Å²) in [5.74, 6) is 5.03. The molecule has 0 amide bonds. The van der Waals surface area contributed by atoms with Crippen LogP contribution in [-0.4, -0.2) is 19.6 Å². The number of ether oxygens (including phenoxy) is 1. The summed E-state index contributed by atoms with van der Waals surface area (Å²) in [6, 6.07) is 0. The maximum absolute atomic E-state index is 10.6. The molecule has 66 valence electrons. The van der Waals surface area contributed by atoms with Gasteiger partial charge < -0.3 is 4.74 Å². The highest BCUT2D eigenvalue weighted by molar-refractivity contribution is 5.69. The minimum absolute atomic E-state index is 0.0260. The van der Waals surface area contributed by atoms with Crippen LogP contribution in [0.5, 0.6) is 0 Å². The van der Waals surface area contributed by atoms with E-state index in [1.165, 1.54) is 7.11 Å². The second kappa shape index (κ2) is 7.73. The molecule has 0 spiro atoms. The summed E-state index contributed by atoms with van der Waals surface area (Å²) >= 11 is 0. The van der Waals surface area contributed by atoms with Crippen LogP contribution in [0.4, 0.5) is 0 Å². The Hall–Kier alpha value is -1.37. The van der Waals surface area contributed by atoms with Crippen LogP contribution < -0.4 is 0 Å². The molecular formula is C8H11NO3. The molecule has 0 heterocycles. The fourth-order valence-electron chi connectivity index (χ4n) is 0.600. The first-order valence-electron chi connectivity index (χ1n) is 3.63. The van der Waals surface area contributed by atoms with E-state index in [-0.39, 0.29) is 12.5 Å². The minimum atomic E-state index is -0.231. The fourth-order valence-corrected chi connectivity index (χ4v) is 0.600. The van der Waals surface area contributed by atoms with Crippen LogP contribution in [0.2, 0.25) is 0 Å². The van der Waals surface area contributed by atoms with Crippen molar-refractivity contribution in [3.63, 3.8) is 0 Å². The summed E-state index contributed by atoms with van der Waals surface area (Å²) in [5, 5.41) is 2.57. The van der Waals surface area contributed by atoms with Gasteiger partial charge in [0.25, 0.3) is 0 Å². The molecular weight excluding hydrogens is 158 g/mol. The predicted molar refractivity (Wildman–Crippen MR) is 44.3 cm³/mol. The molecule has 0 aliphatic rings. The van der Waals surface area contributed by atoms with Crippen molar-refractivity contribution in [2.45, 2.75) is 19.3 Å². The second-order valence-corrected chi connectivity index (χ2v) is 2.07. The summed E-state index contributed by atoms with van der Waals surface area (Å²) in [6.45, 7) is 0.0260. The molecule has 0 rings (SSSR count). The van der Waals surface area contributed by atoms with Gasteiger partial charge in [0.15, 0.2) is 0 Å². The molecule has 4 heteroatoms. The number of hydrogen-bond acceptors (Lipinski definition) is 4. The molecule has 0 saturated heterocycles. The van der Waals surface area contributed by atoms with Crippen LogP contribution in [0.3, 0.4) is 0 Å². The molecule has 0 unspecified atom stereocenters. The van der Waals surface area contributed by atoms with Gasteiger partial charge in [-0.05, 0) is 6.42 Å². The van der Waals surface area contributed by atoms with Gasteiger partial charge in [-0.2, -0.15) is 0 Å². The molecule has 0 bridgehead atoms. The Bertz CT molecular complexity index is 202. The average molecular weight is 169 g/mol. The number of carbonyl (C=O) groups is 1. The van der Waals surface area contributed by atoms with Crippen LogP contribution in [0.1, 0.15) is 19.3 Å². The molecule has 0 atom stereocenters. The number of esters is 1. The Labute approximate surface area is 71.3 Å². The van der Waals surface area contributed by atoms with Gasteiger partial charge in [0.05, 0.1) is 7.11 Å². The quantitative estimate of drug-likeness (QED) is 0.274. The van der Waals surface area contributed by atoms with Crippen molar-refractivity contribution in [1.29, 1.82) is 0 Å². The van der Waals surface area contributed by atoms with Gasteiger partial charge in [-0.15, -0.1) is 10.8 Å². The third kappa shape index (κ3) is 6.75. The van der Waals surface area contributed by atoms with Crippen LogP contribution in [0.15, 0.2) is 5.18 Å². The molecule has 0 radical (unpaired) electrons. The number of unbranched alkanes of at least 4 members (excludes halogenated alkanes) is 1. The number of methoxy groups -OCH3 is 1. The van der Waals surface area contributed by atoms with E-state index in [1.807, 2.05) is 0 Å². The highest BCUT2D eigenvalue weighted by Crippen LogP contribution is 1.94. The van der Waals surface area contributed by atoms with E-state index in [2.05, 4.69) is 21.8 Å². The highest BCUT2D eigenvalue weighted by Gasteiger charge is 1.96. The molecule has 0 aromatic heterocycles. The van der Waals surface area contributed by atoms with E-state index < -0.39 is 0 Å². The largest absolute Gasteiger partial charge is 0.469 e. The van der Waals surface area contributed by atoms with Gasteiger partial charge >= 0.3 is 5.97 Å². The maximum Gasteiger partial charge on any atom is 0.305 e. The Balaban J connectivity index is 3.28. The first kappa shape index (κ1) is 10.6. The summed E-state index contributed by atoms with van der Waals surface area (Å²) in [7, 11) is 1.35. The molecule has 0 aromatic rings. The topological polar surface area (TPSA) is 55.7 Å². The zero-order chi connectivity index (χ0) is 9.23. The number of rotatable bonds is 4. The Morgan fingerprint density at radius 2 is 2.25 bits per heavy atom. The SMILES string of the molecule is COC(=O)CCCC#CCN=O. The van der Waals surface area contributed by atoms with E-state index >= 15 is 0 Å². The number of nitroso groups, excluding NO2 is 1. The average Bonchev–Trinajstić information content (AvgIpc) is 2.10. The minimum Gasteiger partial charge on any atom is -0.469 e. The molecule has 0 N–H and O–H groups in total. The molecule has 4 nitrogen and oxygen atoms in total. The van der Waals surface area contributed by atoms with Crippen LogP contribution >= 0.6 is 0 Å². The standard InChI is InChI=1S/C8H11NO3/c1-12-8(10)6-4-2-3-5-7-9-11/h2,4,6-7H2,1H3. The van der Waals surface area contributed by atoms with Crippen LogP contribution in [0, 0.1) is 16.7 Å². The molecule has 0 aliphatic heterocycles. The lowest BCUT2D eigenvalue weighted by Crippen LogP contribution is -1.98. The number of nitrogens with zero attached hydrogens (tertiary/aromatic N) is 1. The van der Waals surface area contributed by atoms with E-state index in [0.717, 1.165) is 0 Å². The monoisotopic (exact) mass is 169 g/mol. The summed E-state index contributed by atoms with van der Waals surface area (Å²) in [5.41, 5.74) is 0. The van der Waals surface area contributed by atoms with Crippen LogP contribution in [0.25, 0.3) is 0 Å².